The van der Waals surface area contributed by atoms with Gasteiger partial charge in [0.1, 0.15) is 6.61 Å². The van der Waals surface area contributed by atoms with Crippen molar-refractivity contribution in [1.82, 2.24) is 0 Å². The normalized spacial score (nSPS) is 12.0. The highest BCUT2D eigenvalue weighted by molar-refractivity contribution is 7.80. The van der Waals surface area contributed by atoms with E-state index in [-0.39, 0.29) is 5.92 Å². The molecule has 4 nitrogen and oxygen atoms in total. The molecule has 1 rings (SSSR count). The molecule has 5 heteroatoms. The van der Waals surface area contributed by atoms with Crippen molar-refractivity contribution in [2.24, 2.45) is 11.5 Å². The van der Waals surface area contributed by atoms with Crippen molar-refractivity contribution in [2.45, 2.75) is 57.8 Å². The molecule has 1 aromatic rings. The zero-order chi connectivity index (χ0) is 17.8. The first-order chi connectivity index (χ1) is 11.6. The lowest BCUT2D eigenvalue weighted by atomic mass is 9.92. The monoisotopic (exact) mass is 352 g/mol. The second kappa shape index (κ2) is 12.1. The topological polar surface area (TPSA) is 70.5 Å². The van der Waals surface area contributed by atoms with E-state index >= 15 is 0 Å². The number of methoxy groups -OCH3 is 1. The quantitative estimate of drug-likeness (QED) is 0.412. The maximum absolute atomic E-state index is 5.98. The molecule has 0 bridgehead atoms. The Balaban J connectivity index is 2.68. The van der Waals surface area contributed by atoms with Gasteiger partial charge in [0, 0.05) is 12.5 Å². The first-order valence-electron chi connectivity index (χ1n) is 8.94. The Hall–Kier alpha value is -1.33. The number of hydrogen-bond acceptors (Lipinski definition) is 4. The molecule has 24 heavy (non-hydrogen) atoms. The predicted octanol–water partition coefficient (Wildman–Crippen LogP) is 4.15. The van der Waals surface area contributed by atoms with Gasteiger partial charge in [-0.1, -0.05) is 63.7 Å². The Labute approximate surface area is 151 Å². The lowest BCUT2D eigenvalue weighted by Crippen LogP contribution is -2.19. The molecule has 0 aliphatic carbocycles. The van der Waals surface area contributed by atoms with Gasteiger partial charge in [-0.05, 0) is 24.1 Å². The van der Waals surface area contributed by atoms with Crippen LogP contribution in [0.4, 0.5) is 0 Å². The van der Waals surface area contributed by atoms with Crippen molar-refractivity contribution in [1.29, 1.82) is 0 Å². The average molecular weight is 353 g/mol. The van der Waals surface area contributed by atoms with Crippen LogP contribution in [0.3, 0.4) is 0 Å². The van der Waals surface area contributed by atoms with Gasteiger partial charge >= 0.3 is 0 Å². The Bertz CT molecular complexity index is 494. The van der Waals surface area contributed by atoms with Gasteiger partial charge in [-0.15, -0.1) is 0 Å². The maximum atomic E-state index is 5.98. The Morgan fingerprint density at radius 1 is 1.12 bits per heavy atom. The molecule has 0 aromatic heterocycles. The lowest BCUT2D eigenvalue weighted by Gasteiger charge is -2.18. The van der Waals surface area contributed by atoms with Crippen LogP contribution in [-0.4, -0.2) is 25.2 Å². The van der Waals surface area contributed by atoms with Crippen molar-refractivity contribution in [3.05, 3.63) is 23.8 Å². The van der Waals surface area contributed by atoms with E-state index in [1.807, 2.05) is 18.2 Å². The summed E-state index contributed by atoms with van der Waals surface area (Å²) in [5.41, 5.74) is 12.6. The van der Waals surface area contributed by atoms with Gasteiger partial charge in [-0.3, -0.25) is 0 Å². The van der Waals surface area contributed by atoms with E-state index in [0.29, 0.717) is 29.6 Å². The minimum Gasteiger partial charge on any atom is -0.493 e. The number of ether oxygens (including phenoxy) is 2. The molecule has 1 atom stereocenters. The molecule has 0 heterocycles. The Morgan fingerprint density at radius 3 is 2.46 bits per heavy atom. The van der Waals surface area contributed by atoms with Crippen LogP contribution in [0.25, 0.3) is 0 Å². The third-order valence-corrected chi connectivity index (χ3v) is 4.44. The van der Waals surface area contributed by atoms with E-state index in [9.17, 15) is 0 Å². The van der Waals surface area contributed by atoms with E-state index in [4.69, 9.17) is 33.2 Å². The zero-order valence-electron chi connectivity index (χ0n) is 15.1. The van der Waals surface area contributed by atoms with Gasteiger partial charge < -0.3 is 20.9 Å². The third-order valence-electron chi connectivity index (χ3n) is 4.16. The second-order valence-corrected chi connectivity index (χ2v) is 6.53. The van der Waals surface area contributed by atoms with Gasteiger partial charge in [0.05, 0.1) is 12.1 Å². The molecule has 136 valence electrons. The number of hydrogen-bond donors (Lipinski definition) is 2. The zero-order valence-corrected chi connectivity index (χ0v) is 15.9. The van der Waals surface area contributed by atoms with E-state index < -0.39 is 0 Å². The molecule has 0 fully saturated rings. The van der Waals surface area contributed by atoms with Crippen LogP contribution >= 0.6 is 12.2 Å². The summed E-state index contributed by atoms with van der Waals surface area (Å²) in [4.78, 5) is 0.543. The summed E-state index contributed by atoms with van der Waals surface area (Å²) in [6.07, 6.45) is 8.54. The van der Waals surface area contributed by atoms with Crippen LogP contribution < -0.4 is 20.9 Å². The van der Waals surface area contributed by atoms with Gasteiger partial charge in [-0.2, -0.15) is 0 Å². The van der Waals surface area contributed by atoms with Gasteiger partial charge in [-0.25, -0.2) is 0 Å². The van der Waals surface area contributed by atoms with E-state index in [1.165, 1.54) is 32.1 Å². The summed E-state index contributed by atoms with van der Waals surface area (Å²) in [7, 11) is 1.64. The summed E-state index contributed by atoms with van der Waals surface area (Å²) in [5.74, 6) is 1.49. The molecule has 1 aromatic carbocycles. The van der Waals surface area contributed by atoms with E-state index in [1.54, 1.807) is 7.11 Å². The van der Waals surface area contributed by atoms with Crippen molar-refractivity contribution in [3.63, 3.8) is 0 Å². The standard InChI is InChI=1S/C19H32N2O2S/c1-3-4-5-6-7-8-9-16(19(21)24)15-10-11-17(23-13-12-20)18(14-15)22-2/h10-11,14,16H,3-9,12-13,20H2,1-2H3,(H2,21,24). The smallest absolute Gasteiger partial charge is 0.161 e. The van der Waals surface area contributed by atoms with Crippen molar-refractivity contribution in [3.8, 4) is 11.5 Å². The predicted molar refractivity (Wildman–Crippen MR) is 105 cm³/mol. The van der Waals surface area contributed by atoms with Gasteiger partial charge in [0.15, 0.2) is 11.5 Å². The summed E-state index contributed by atoms with van der Waals surface area (Å²) < 4.78 is 11.0. The van der Waals surface area contributed by atoms with Crippen molar-refractivity contribution in [2.75, 3.05) is 20.3 Å². The fourth-order valence-electron chi connectivity index (χ4n) is 2.79. The van der Waals surface area contributed by atoms with Gasteiger partial charge in [0.2, 0.25) is 0 Å². The molecule has 0 saturated carbocycles. The highest BCUT2D eigenvalue weighted by Gasteiger charge is 2.17. The number of thiocarbonyl (C=S) groups is 1. The Morgan fingerprint density at radius 2 is 1.83 bits per heavy atom. The summed E-state index contributed by atoms with van der Waals surface area (Å²) >= 11 is 5.29. The molecule has 1 unspecified atom stereocenters. The van der Waals surface area contributed by atoms with Crippen LogP contribution in [0.2, 0.25) is 0 Å². The summed E-state index contributed by atoms with van der Waals surface area (Å²) in [6, 6.07) is 5.92. The fraction of sp³-hybridized carbons (Fsp3) is 0.632. The minimum absolute atomic E-state index is 0.0867. The van der Waals surface area contributed by atoms with Crippen molar-refractivity contribution >= 4 is 17.2 Å². The molecule has 0 aliphatic rings. The SMILES string of the molecule is CCCCCCCCC(C(N)=S)c1ccc(OCCN)c(OC)c1. The lowest BCUT2D eigenvalue weighted by molar-refractivity contribution is 0.302. The van der Waals surface area contributed by atoms with E-state index in [2.05, 4.69) is 6.92 Å². The molecular weight excluding hydrogens is 320 g/mol. The Kier molecular flexibility index (Phi) is 10.4. The fourth-order valence-corrected chi connectivity index (χ4v) is 3.04. The maximum Gasteiger partial charge on any atom is 0.161 e. The number of unbranched alkanes of at least 4 members (excludes halogenated alkanes) is 5. The number of rotatable bonds is 13. The molecular formula is C19H32N2O2S. The van der Waals surface area contributed by atoms with Crippen molar-refractivity contribution < 1.29 is 9.47 Å². The average Bonchev–Trinajstić information content (AvgIpc) is 2.59. The molecule has 4 N–H and O–H groups in total. The molecule has 0 amide bonds. The highest BCUT2D eigenvalue weighted by atomic mass is 32.1. The van der Waals surface area contributed by atoms with Crippen LogP contribution in [-0.2, 0) is 0 Å². The number of benzene rings is 1. The van der Waals surface area contributed by atoms with Crippen LogP contribution in [0.1, 0.15) is 63.4 Å². The van der Waals surface area contributed by atoms with Crippen LogP contribution in [0.5, 0.6) is 11.5 Å². The molecule has 0 spiro atoms. The molecule has 0 radical (unpaired) electrons. The van der Waals surface area contributed by atoms with Gasteiger partial charge in [0.25, 0.3) is 0 Å². The largest absolute Gasteiger partial charge is 0.493 e. The third kappa shape index (κ3) is 7.05. The first-order valence-corrected chi connectivity index (χ1v) is 9.35. The first kappa shape index (κ1) is 20.7. The molecule has 0 saturated heterocycles. The van der Waals surface area contributed by atoms with Crippen LogP contribution in [0.15, 0.2) is 18.2 Å². The molecule has 0 aliphatic heterocycles. The minimum atomic E-state index is 0.0867. The highest BCUT2D eigenvalue weighted by Crippen LogP contribution is 2.33. The van der Waals surface area contributed by atoms with Crippen LogP contribution in [0, 0.1) is 0 Å². The summed E-state index contributed by atoms with van der Waals surface area (Å²) in [5, 5.41) is 0. The summed E-state index contributed by atoms with van der Waals surface area (Å²) in [6.45, 7) is 3.17. The van der Waals surface area contributed by atoms with E-state index in [0.717, 1.165) is 18.4 Å². The second-order valence-electron chi connectivity index (χ2n) is 6.06. The number of nitrogens with two attached hydrogens (primary N) is 2.